The van der Waals surface area contributed by atoms with E-state index < -0.39 is 23.1 Å². The molecular weight excluding hydrogens is 464 g/mol. The highest BCUT2D eigenvalue weighted by atomic mass is 16.5. The van der Waals surface area contributed by atoms with Crippen LogP contribution in [-0.4, -0.2) is 45.8 Å². The molecule has 0 saturated carbocycles. The summed E-state index contributed by atoms with van der Waals surface area (Å²) in [7, 11) is 1.26. The number of aromatic nitrogens is 1. The third kappa shape index (κ3) is 4.66. The van der Waals surface area contributed by atoms with Crippen LogP contribution in [-0.2, 0) is 22.6 Å². The number of esters is 1. The van der Waals surface area contributed by atoms with Crippen LogP contribution in [0.15, 0.2) is 62.5 Å². The molecule has 0 amide bonds. The number of methoxy groups -OCH3 is 1. The fourth-order valence-corrected chi connectivity index (χ4v) is 5.57. The van der Waals surface area contributed by atoms with Gasteiger partial charge in [-0.1, -0.05) is 18.2 Å². The Kier molecular flexibility index (Phi) is 6.40. The first-order valence-electron chi connectivity index (χ1n) is 12.0. The largest absolute Gasteiger partial charge is 0.508 e. The summed E-state index contributed by atoms with van der Waals surface area (Å²) in [5, 5.41) is 20.6. The van der Waals surface area contributed by atoms with Crippen LogP contribution in [0, 0.1) is 5.92 Å². The Morgan fingerprint density at radius 1 is 1.11 bits per heavy atom. The first-order valence-corrected chi connectivity index (χ1v) is 12.0. The lowest BCUT2D eigenvalue weighted by Gasteiger charge is -2.42. The summed E-state index contributed by atoms with van der Waals surface area (Å²) in [6.07, 6.45) is 0.822. The third-order valence-electron chi connectivity index (χ3n) is 7.12. The molecule has 0 unspecified atom stereocenters. The summed E-state index contributed by atoms with van der Waals surface area (Å²) in [6.45, 7) is 2.45. The van der Waals surface area contributed by atoms with Gasteiger partial charge in [-0.3, -0.25) is 19.3 Å². The molecular formula is C27H28N2O7. The van der Waals surface area contributed by atoms with Crippen molar-refractivity contribution in [1.29, 1.82) is 0 Å². The molecule has 0 aliphatic carbocycles. The zero-order valence-electron chi connectivity index (χ0n) is 19.9. The van der Waals surface area contributed by atoms with Gasteiger partial charge in [-0.05, 0) is 36.1 Å². The lowest BCUT2D eigenvalue weighted by Crippen LogP contribution is -2.46. The van der Waals surface area contributed by atoms with Crippen LogP contribution in [0.3, 0.4) is 0 Å². The number of benzene rings is 1. The summed E-state index contributed by atoms with van der Waals surface area (Å²) >= 11 is 0. The normalized spacial score (nSPS) is 19.9. The molecule has 3 aromatic rings. The van der Waals surface area contributed by atoms with Crippen molar-refractivity contribution in [2.75, 3.05) is 20.2 Å². The molecule has 2 bridgehead atoms. The van der Waals surface area contributed by atoms with Crippen molar-refractivity contribution in [1.82, 2.24) is 9.47 Å². The predicted molar refractivity (Wildman–Crippen MR) is 130 cm³/mol. The Bertz CT molecular complexity index is 1410. The van der Waals surface area contributed by atoms with Gasteiger partial charge in [0.2, 0.25) is 11.2 Å². The third-order valence-corrected chi connectivity index (χ3v) is 7.12. The molecule has 0 spiro atoms. The number of carbonyl (C=O) groups excluding carboxylic acids is 1. The number of hydrogen-bond acceptors (Lipinski definition) is 8. The number of piperidine rings is 1. The zero-order chi connectivity index (χ0) is 25.4. The fourth-order valence-electron chi connectivity index (χ4n) is 5.57. The molecule has 9 heteroatoms. The second kappa shape index (κ2) is 9.66. The van der Waals surface area contributed by atoms with Crippen LogP contribution < -0.4 is 11.0 Å². The lowest BCUT2D eigenvalue weighted by atomic mass is 9.83. The number of ether oxygens (including phenoxy) is 1. The molecule has 36 heavy (non-hydrogen) atoms. The van der Waals surface area contributed by atoms with Gasteiger partial charge in [0, 0.05) is 43.4 Å². The van der Waals surface area contributed by atoms with Crippen molar-refractivity contribution < 1.29 is 24.2 Å². The number of nitrogens with zero attached hydrogens (tertiary/aromatic N) is 2. The van der Waals surface area contributed by atoms with Gasteiger partial charge in [-0.2, -0.15) is 0 Å². The smallest absolute Gasteiger partial charge is 0.306 e. The molecule has 2 N–H and O–H groups in total. The second-order valence-electron chi connectivity index (χ2n) is 9.61. The van der Waals surface area contributed by atoms with Gasteiger partial charge in [0.25, 0.3) is 5.56 Å². The minimum absolute atomic E-state index is 0.0143. The number of carbonyl (C=O) groups is 1. The number of aromatic hydroxyl groups is 2. The van der Waals surface area contributed by atoms with Gasteiger partial charge >= 0.3 is 5.97 Å². The highest BCUT2D eigenvalue weighted by Gasteiger charge is 2.35. The monoisotopic (exact) mass is 492 g/mol. The van der Waals surface area contributed by atoms with E-state index >= 15 is 0 Å². The lowest BCUT2D eigenvalue weighted by molar-refractivity contribution is -0.140. The van der Waals surface area contributed by atoms with Gasteiger partial charge in [0.1, 0.15) is 11.5 Å². The average molecular weight is 493 g/mol. The van der Waals surface area contributed by atoms with Crippen molar-refractivity contribution in [3.63, 3.8) is 0 Å². The molecule has 4 heterocycles. The van der Waals surface area contributed by atoms with E-state index in [1.54, 1.807) is 24.3 Å². The number of pyridine rings is 1. The Hall–Kier alpha value is -3.85. The first-order chi connectivity index (χ1) is 17.3. The maximum atomic E-state index is 12.7. The number of phenolic OH excluding ortho intramolecular Hbond substituents is 1. The average Bonchev–Trinajstić information content (AvgIpc) is 2.85. The van der Waals surface area contributed by atoms with Crippen LogP contribution >= 0.6 is 0 Å². The molecule has 5 rings (SSSR count). The zero-order valence-corrected chi connectivity index (χ0v) is 19.9. The van der Waals surface area contributed by atoms with Crippen molar-refractivity contribution in [2.24, 2.45) is 5.92 Å². The summed E-state index contributed by atoms with van der Waals surface area (Å²) in [4.78, 5) is 39.4. The molecule has 0 radical (unpaired) electrons. The van der Waals surface area contributed by atoms with Crippen LogP contribution in [0.5, 0.6) is 11.5 Å². The second-order valence-corrected chi connectivity index (χ2v) is 9.61. The van der Waals surface area contributed by atoms with Crippen molar-refractivity contribution in [3.05, 3.63) is 91.9 Å². The van der Waals surface area contributed by atoms with E-state index in [2.05, 4.69) is 4.90 Å². The highest BCUT2D eigenvalue weighted by Crippen LogP contribution is 2.37. The summed E-state index contributed by atoms with van der Waals surface area (Å²) in [6, 6.07) is 12.9. The maximum Gasteiger partial charge on any atom is 0.306 e. The number of hydrogen-bond donors (Lipinski definition) is 2. The molecule has 1 fully saturated rings. The molecule has 3 atom stereocenters. The van der Waals surface area contributed by atoms with Gasteiger partial charge in [-0.15, -0.1) is 0 Å². The van der Waals surface area contributed by atoms with Crippen molar-refractivity contribution in [2.45, 2.75) is 37.8 Å². The van der Waals surface area contributed by atoms with Gasteiger partial charge in [0.05, 0.1) is 26.0 Å². The van der Waals surface area contributed by atoms with Crippen molar-refractivity contribution in [3.8, 4) is 11.5 Å². The summed E-state index contributed by atoms with van der Waals surface area (Å²) in [5.41, 5.74) is 0.952. The summed E-state index contributed by atoms with van der Waals surface area (Å²) < 4.78 is 12.8. The van der Waals surface area contributed by atoms with Gasteiger partial charge < -0.3 is 23.9 Å². The standard InChI is InChI=1S/C27H28N2O7/c1-35-25(33)11-21(17-4-2-5-19(30)9-17)27-26(34)23(31)10-20(36-27)15-28-12-16-8-18(14-28)22-6-3-7-24(32)29(22)13-16/h2-7,9-10,16,18,21,30,34H,8,11-15H2,1H3/t16-,18+,21+/m0/s1. The van der Waals surface area contributed by atoms with Crippen LogP contribution in [0.2, 0.25) is 0 Å². The van der Waals surface area contributed by atoms with E-state index in [1.165, 1.54) is 25.3 Å². The van der Waals surface area contributed by atoms with Crippen LogP contribution in [0.4, 0.5) is 0 Å². The van der Waals surface area contributed by atoms with E-state index in [9.17, 15) is 24.6 Å². The highest BCUT2D eigenvalue weighted by molar-refractivity contribution is 5.71. The minimum Gasteiger partial charge on any atom is -0.508 e. The Labute approximate surface area is 207 Å². The minimum atomic E-state index is -0.823. The van der Waals surface area contributed by atoms with E-state index in [0.29, 0.717) is 36.9 Å². The van der Waals surface area contributed by atoms with E-state index in [-0.39, 0.29) is 29.4 Å². The number of rotatable bonds is 6. The SMILES string of the molecule is COC(=O)C[C@H](c1cccc(O)c1)c1oc(CN2C[C@@H]3C[C@H](C2)c2cccc(=O)n2C3)cc(=O)c1O. The number of phenols is 1. The molecule has 2 aromatic heterocycles. The first kappa shape index (κ1) is 23.9. The Morgan fingerprint density at radius 2 is 1.92 bits per heavy atom. The van der Waals surface area contributed by atoms with Crippen LogP contribution in [0.25, 0.3) is 0 Å². The van der Waals surface area contributed by atoms with Gasteiger partial charge in [0.15, 0.2) is 5.76 Å². The molecule has 188 valence electrons. The Morgan fingerprint density at radius 3 is 2.69 bits per heavy atom. The van der Waals surface area contributed by atoms with Crippen molar-refractivity contribution >= 4 is 5.97 Å². The molecule has 9 nitrogen and oxygen atoms in total. The van der Waals surface area contributed by atoms with E-state index in [1.807, 2.05) is 10.6 Å². The van der Waals surface area contributed by atoms with E-state index in [4.69, 9.17) is 9.15 Å². The molecule has 1 saturated heterocycles. The number of likely N-dealkylation sites (tertiary alicyclic amines) is 1. The van der Waals surface area contributed by atoms with Gasteiger partial charge in [-0.25, -0.2) is 0 Å². The van der Waals surface area contributed by atoms with Crippen LogP contribution in [0.1, 0.15) is 47.5 Å². The fraction of sp³-hybridized carbons (Fsp3) is 0.370. The predicted octanol–water partition coefficient (Wildman–Crippen LogP) is 2.53. The molecule has 1 aromatic carbocycles. The Balaban J connectivity index is 1.45. The maximum absolute atomic E-state index is 12.7. The quantitative estimate of drug-likeness (QED) is 0.504. The van der Waals surface area contributed by atoms with E-state index in [0.717, 1.165) is 18.7 Å². The topological polar surface area (TPSA) is 122 Å². The number of fused-ring (bicyclic) bond motifs is 4. The summed E-state index contributed by atoms with van der Waals surface area (Å²) in [5.74, 6) is -1.12. The molecule has 2 aliphatic heterocycles. The molecule has 2 aliphatic rings.